The van der Waals surface area contributed by atoms with Gasteiger partial charge in [0.25, 0.3) is 0 Å². The summed E-state index contributed by atoms with van der Waals surface area (Å²) in [7, 11) is 1.43. The molecule has 2 aromatic carbocycles. The summed E-state index contributed by atoms with van der Waals surface area (Å²) in [6.07, 6.45) is 5.00. The van der Waals surface area contributed by atoms with Gasteiger partial charge in [0.05, 0.1) is 20.1 Å². The van der Waals surface area contributed by atoms with Gasteiger partial charge in [-0.25, -0.2) is 0 Å². The number of likely N-dealkylation sites (tertiary alicyclic amines) is 1. The van der Waals surface area contributed by atoms with Crippen molar-refractivity contribution < 1.29 is 14.3 Å². The quantitative estimate of drug-likeness (QED) is 0.535. The number of carbonyl (C=O) groups is 1. The fourth-order valence-electron chi connectivity index (χ4n) is 4.28. The van der Waals surface area contributed by atoms with E-state index < -0.39 is 0 Å². The highest BCUT2D eigenvalue weighted by atomic mass is 16.5. The molecule has 4 heteroatoms. The number of piperidine rings is 1. The topological polar surface area (TPSA) is 38.8 Å². The summed E-state index contributed by atoms with van der Waals surface area (Å²) in [5.74, 6) is -0.195. The average molecular weight is 410 g/mol. The fraction of sp³-hybridized carbons (Fsp3) is 0.500. The molecule has 1 heterocycles. The minimum absolute atomic E-state index is 0.195. The Balaban J connectivity index is 1.53. The lowest BCUT2D eigenvalue weighted by atomic mass is 9.74. The summed E-state index contributed by atoms with van der Waals surface area (Å²) in [5.41, 5.74) is 4.00. The maximum Gasteiger partial charge on any atom is 0.309 e. The van der Waals surface area contributed by atoms with E-state index in [1.807, 2.05) is 12.1 Å². The first-order valence-electron chi connectivity index (χ1n) is 11.1. The predicted octanol–water partition coefficient (Wildman–Crippen LogP) is 4.65. The lowest BCUT2D eigenvalue weighted by Crippen LogP contribution is -2.42. The molecule has 30 heavy (non-hydrogen) atoms. The molecule has 0 atom stereocenters. The molecule has 162 valence electrons. The first kappa shape index (κ1) is 22.5. The van der Waals surface area contributed by atoms with Crippen molar-refractivity contribution in [3.8, 4) is 0 Å². The Bertz CT molecular complexity index is 765. The van der Waals surface area contributed by atoms with Crippen LogP contribution >= 0.6 is 0 Å². The normalized spacial score (nSPS) is 16.3. The Labute approximate surface area is 181 Å². The van der Waals surface area contributed by atoms with Crippen molar-refractivity contribution in [3.63, 3.8) is 0 Å². The van der Waals surface area contributed by atoms with E-state index in [2.05, 4.69) is 54.3 Å². The van der Waals surface area contributed by atoms with E-state index in [1.165, 1.54) is 37.5 Å². The monoisotopic (exact) mass is 409 g/mol. The van der Waals surface area contributed by atoms with Crippen molar-refractivity contribution in [2.24, 2.45) is 5.41 Å². The van der Waals surface area contributed by atoms with Crippen molar-refractivity contribution in [2.45, 2.75) is 45.6 Å². The van der Waals surface area contributed by atoms with Crippen LogP contribution in [0.5, 0.6) is 0 Å². The third-order valence-electron chi connectivity index (χ3n) is 6.32. The molecule has 3 rings (SSSR count). The molecule has 0 aliphatic carbocycles. The van der Waals surface area contributed by atoms with Crippen LogP contribution in [0.3, 0.4) is 0 Å². The molecule has 0 aromatic heterocycles. The number of hydrogen-bond donors (Lipinski definition) is 0. The molecule has 1 fully saturated rings. The number of carbonyl (C=O) groups excluding carboxylic acids is 1. The first-order valence-corrected chi connectivity index (χ1v) is 11.1. The third kappa shape index (κ3) is 6.68. The van der Waals surface area contributed by atoms with E-state index >= 15 is 0 Å². The Hall–Kier alpha value is -2.17. The summed E-state index contributed by atoms with van der Waals surface area (Å²) in [4.78, 5) is 14.0. The minimum atomic E-state index is -0.195. The van der Waals surface area contributed by atoms with Gasteiger partial charge in [0.15, 0.2) is 0 Å². The SMILES string of the molecule is CCOCC1(CCc2ccccc2)CCN(Cc2ccc(CC(=O)OC)cc2)CC1. The van der Waals surface area contributed by atoms with Crippen LogP contribution in [0.4, 0.5) is 0 Å². The maximum atomic E-state index is 11.4. The largest absolute Gasteiger partial charge is 0.469 e. The number of aryl methyl sites for hydroxylation is 1. The molecule has 0 bridgehead atoms. The van der Waals surface area contributed by atoms with Gasteiger partial charge >= 0.3 is 5.97 Å². The van der Waals surface area contributed by atoms with E-state index in [1.54, 1.807) is 0 Å². The zero-order chi connectivity index (χ0) is 21.2. The molecular formula is C26H35NO3. The van der Waals surface area contributed by atoms with Crippen LogP contribution in [0.25, 0.3) is 0 Å². The highest BCUT2D eigenvalue weighted by molar-refractivity contribution is 5.72. The molecule has 0 saturated carbocycles. The van der Waals surface area contributed by atoms with Crippen LogP contribution in [0, 0.1) is 5.41 Å². The van der Waals surface area contributed by atoms with Gasteiger partial charge in [-0.1, -0.05) is 54.6 Å². The van der Waals surface area contributed by atoms with Gasteiger partial charge in [-0.3, -0.25) is 9.69 Å². The molecule has 2 aromatic rings. The predicted molar refractivity (Wildman–Crippen MR) is 120 cm³/mol. The second-order valence-electron chi connectivity index (χ2n) is 8.47. The minimum Gasteiger partial charge on any atom is -0.469 e. The Kier molecular flexibility index (Phi) is 8.47. The van der Waals surface area contributed by atoms with Crippen molar-refractivity contribution in [2.75, 3.05) is 33.4 Å². The molecule has 0 N–H and O–H groups in total. The van der Waals surface area contributed by atoms with E-state index in [0.717, 1.165) is 44.8 Å². The number of esters is 1. The van der Waals surface area contributed by atoms with E-state index in [-0.39, 0.29) is 11.4 Å². The van der Waals surface area contributed by atoms with Gasteiger partial charge in [-0.15, -0.1) is 0 Å². The number of ether oxygens (including phenoxy) is 2. The van der Waals surface area contributed by atoms with Gasteiger partial charge in [-0.05, 0) is 67.8 Å². The molecule has 0 unspecified atom stereocenters. The van der Waals surface area contributed by atoms with Gasteiger partial charge in [0.2, 0.25) is 0 Å². The molecule has 0 amide bonds. The zero-order valence-corrected chi connectivity index (χ0v) is 18.4. The number of rotatable bonds is 10. The maximum absolute atomic E-state index is 11.4. The van der Waals surface area contributed by atoms with Crippen molar-refractivity contribution in [1.29, 1.82) is 0 Å². The van der Waals surface area contributed by atoms with E-state index in [0.29, 0.717) is 6.42 Å². The Morgan fingerprint density at radius 2 is 1.63 bits per heavy atom. The molecule has 1 saturated heterocycles. The van der Waals surface area contributed by atoms with Crippen molar-refractivity contribution >= 4 is 5.97 Å². The highest BCUT2D eigenvalue weighted by Gasteiger charge is 2.34. The van der Waals surface area contributed by atoms with Crippen LogP contribution < -0.4 is 0 Å². The molecule has 1 aliphatic rings. The lowest BCUT2D eigenvalue weighted by Gasteiger charge is -2.42. The third-order valence-corrected chi connectivity index (χ3v) is 6.32. The van der Waals surface area contributed by atoms with Crippen LogP contribution in [-0.4, -0.2) is 44.3 Å². The number of methoxy groups -OCH3 is 1. The summed E-state index contributed by atoms with van der Waals surface area (Å²) < 4.78 is 10.7. The number of nitrogens with zero attached hydrogens (tertiary/aromatic N) is 1. The van der Waals surface area contributed by atoms with Gasteiger partial charge in [0.1, 0.15) is 0 Å². The summed E-state index contributed by atoms with van der Waals surface area (Å²) in [6.45, 7) is 6.91. The second-order valence-corrected chi connectivity index (χ2v) is 8.47. The summed E-state index contributed by atoms with van der Waals surface area (Å²) in [5, 5.41) is 0. The molecule has 0 spiro atoms. The summed E-state index contributed by atoms with van der Waals surface area (Å²) in [6, 6.07) is 19.1. The number of benzene rings is 2. The standard InChI is InChI=1S/C26H35NO3/c1-3-30-21-26(14-13-22-7-5-4-6-8-22)15-17-27(18-16-26)20-24-11-9-23(10-12-24)19-25(28)29-2/h4-12H,3,13-21H2,1-2H3. The Morgan fingerprint density at radius 3 is 2.27 bits per heavy atom. The lowest BCUT2D eigenvalue weighted by molar-refractivity contribution is -0.139. The van der Waals surface area contributed by atoms with Crippen LogP contribution in [0.15, 0.2) is 54.6 Å². The average Bonchev–Trinajstić information content (AvgIpc) is 2.80. The van der Waals surface area contributed by atoms with Crippen LogP contribution in [0.2, 0.25) is 0 Å². The highest BCUT2D eigenvalue weighted by Crippen LogP contribution is 2.37. The second kappa shape index (κ2) is 11.3. The van der Waals surface area contributed by atoms with Gasteiger partial charge in [0, 0.05) is 13.2 Å². The van der Waals surface area contributed by atoms with Crippen LogP contribution in [0.1, 0.15) is 42.9 Å². The van der Waals surface area contributed by atoms with Crippen LogP contribution in [-0.2, 0) is 33.7 Å². The number of hydrogen-bond acceptors (Lipinski definition) is 4. The summed E-state index contributed by atoms with van der Waals surface area (Å²) >= 11 is 0. The molecular weight excluding hydrogens is 374 g/mol. The molecule has 4 nitrogen and oxygen atoms in total. The molecule has 0 radical (unpaired) electrons. The van der Waals surface area contributed by atoms with E-state index in [9.17, 15) is 4.79 Å². The molecule has 1 aliphatic heterocycles. The van der Waals surface area contributed by atoms with Crippen molar-refractivity contribution in [3.05, 3.63) is 71.3 Å². The van der Waals surface area contributed by atoms with Gasteiger partial charge < -0.3 is 9.47 Å². The first-order chi connectivity index (χ1) is 14.6. The Morgan fingerprint density at radius 1 is 0.967 bits per heavy atom. The van der Waals surface area contributed by atoms with E-state index in [4.69, 9.17) is 9.47 Å². The van der Waals surface area contributed by atoms with Gasteiger partial charge in [-0.2, -0.15) is 0 Å². The zero-order valence-electron chi connectivity index (χ0n) is 18.4. The fourth-order valence-corrected chi connectivity index (χ4v) is 4.28. The van der Waals surface area contributed by atoms with Crippen molar-refractivity contribution in [1.82, 2.24) is 4.90 Å². The smallest absolute Gasteiger partial charge is 0.309 e.